The van der Waals surface area contributed by atoms with Crippen molar-refractivity contribution >= 4 is 45.5 Å². The Morgan fingerprint density at radius 2 is 1.53 bits per heavy atom. The molecule has 3 amide bonds. The van der Waals surface area contributed by atoms with Gasteiger partial charge in [0.1, 0.15) is 18.1 Å². The summed E-state index contributed by atoms with van der Waals surface area (Å²) in [7, 11) is 0. The van der Waals surface area contributed by atoms with Gasteiger partial charge >= 0.3 is 5.97 Å². The number of para-hydroxylation sites is 2. The predicted molar refractivity (Wildman–Crippen MR) is 160 cm³/mol. The summed E-state index contributed by atoms with van der Waals surface area (Å²) < 4.78 is 0. The first-order valence-corrected chi connectivity index (χ1v) is 14.3. The zero-order chi connectivity index (χ0) is 30.7. The number of aromatic nitrogens is 2. The number of carboxylic acid groups (broad SMARTS) is 1. The van der Waals surface area contributed by atoms with E-state index in [0.29, 0.717) is 12.8 Å². The number of amides is 3. The van der Waals surface area contributed by atoms with Gasteiger partial charge in [-0.1, -0.05) is 36.4 Å². The van der Waals surface area contributed by atoms with E-state index in [0.717, 1.165) is 32.9 Å². The molecule has 3 heterocycles. The lowest BCUT2D eigenvalue weighted by atomic mass is 10.0. The number of nitrogens with one attached hydrogen (secondary N) is 4. The van der Waals surface area contributed by atoms with E-state index in [2.05, 4.69) is 20.6 Å². The molecule has 2 aromatic carbocycles. The minimum absolute atomic E-state index is 0.0480. The molecule has 0 aliphatic carbocycles. The highest BCUT2D eigenvalue weighted by Gasteiger charge is 2.40. The first kappa shape index (κ1) is 29.8. The first-order chi connectivity index (χ1) is 20.6. The largest absolute Gasteiger partial charge is 0.480 e. The summed E-state index contributed by atoms with van der Waals surface area (Å²) in [5.74, 6) is -3.06. The van der Waals surface area contributed by atoms with Gasteiger partial charge in [-0.05, 0) is 49.4 Å². The number of aliphatic hydroxyl groups is 1. The van der Waals surface area contributed by atoms with Gasteiger partial charge < -0.3 is 41.4 Å². The lowest BCUT2D eigenvalue weighted by molar-refractivity contribution is -0.146. The number of benzene rings is 2. The number of fused-ring (bicyclic) bond motifs is 2. The lowest BCUT2D eigenvalue weighted by Gasteiger charge is -2.31. The lowest BCUT2D eigenvalue weighted by Crippen LogP contribution is -2.59. The minimum atomic E-state index is -1.34. The summed E-state index contributed by atoms with van der Waals surface area (Å²) in [6.07, 6.45) is 3.31. The molecule has 5 unspecified atom stereocenters. The molecular formula is C31H36N6O6. The van der Waals surface area contributed by atoms with Gasteiger partial charge in [0.15, 0.2) is 0 Å². The van der Waals surface area contributed by atoms with Crippen molar-refractivity contribution in [2.75, 3.05) is 6.54 Å². The maximum Gasteiger partial charge on any atom is 0.326 e. The minimum Gasteiger partial charge on any atom is -0.480 e. The van der Waals surface area contributed by atoms with E-state index in [-0.39, 0.29) is 19.4 Å². The quantitative estimate of drug-likeness (QED) is 0.137. The highest BCUT2D eigenvalue weighted by Crippen LogP contribution is 2.23. The molecule has 0 spiro atoms. The van der Waals surface area contributed by atoms with Crippen molar-refractivity contribution in [3.8, 4) is 0 Å². The average molecular weight is 589 g/mol. The number of H-pyrrole nitrogens is 2. The molecule has 0 bridgehead atoms. The standard InChI is InChI=1S/C31H36N6O6/c1-17(38)27(36-28(39)22(32)13-18-15-33-23-9-4-2-7-20(18)23)30(41)37-12-6-11-26(37)29(40)35-25(31(42)43)14-19-16-34-24-10-5-3-8-21(19)24/h2-5,7-10,15-17,22,25-27,33-34,38H,6,11-14,32H2,1H3,(H,35,40)(H,36,39)(H,42,43). The van der Waals surface area contributed by atoms with E-state index in [1.807, 2.05) is 48.5 Å². The summed E-state index contributed by atoms with van der Waals surface area (Å²) >= 11 is 0. The molecule has 5 atom stereocenters. The number of hydrogen-bond donors (Lipinski definition) is 7. The second kappa shape index (κ2) is 12.7. The molecule has 1 saturated heterocycles. The molecule has 0 radical (unpaired) electrons. The Morgan fingerprint density at radius 3 is 2.12 bits per heavy atom. The normalized spacial score (nSPS) is 17.8. The topological polar surface area (TPSA) is 194 Å². The first-order valence-electron chi connectivity index (χ1n) is 14.3. The molecule has 4 aromatic rings. The Labute approximate surface area is 247 Å². The Hall–Kier alpha value is -4.68. The summed E-state index contributed by atoms with van der Waals surface area (Å²) in [5.41, 5.74) is 9.54. The fraction of sp³-hybridized carbons (Fsp3) is 0.355. The molecule has 1 aliphatic rings. The number of aliphatic hydroxyl groups excluding tert-OH is 1. The number of rotatable bonds is 11. The highest BCUT2D eigenvalue weighted by molar-refractivity contribution is 5.95. The number of aromatic amines is 2. The second-order valence-electron chi connectivity index (χ2n) is 11.0. The van der Waals surface area contributed by atoms with Crippen LogP contribution in [0.25, 0.3) is 21.8 Å². The Balaban J connectivity index is 1.24. The summed E-state index contributed by atoms with van der Waals surface area (Å²) in [6, 6.07) is 10.6. The van der Waals surface area contributed by atoms with Crippen LogP contribution in [-0.4, -0.2) is 85.6 Å². The van der Waals surface area contributed by atoms with Gasteiger partial charge in [0.2, 0.25) is 17.7 Å². The molecule has 12 nitrogen and oxygen atoms in total. The third-order valence-electron chi connectivity index (χ3n) is 8.05. The zero-order valence-electron chi connectivity index (χ0n) is 23.7. The Bertz CT molecular complexity index is 1640. The van der Waals surface area contributed by atoms with Gasteiger partial charge in [-0.15, -0.1) is 0 Å². The van der Waals surface area contributed by atoms with Gasteiger partial charge in [0, 0.05) is 47.2 Å². The predicted octanol–water partition coefficient (Wildman–Crippen LogP) is 1.19. The van der Waals surface area contributed by atoms with Gasteiger partial charge in [-0.2, -0.15) is 0 Å². The van der Waals surface area contributed by atoms with Crippen molar-refractivity contribution in [2.24, 2.45) is 5.73 Å². The van der Waals surface area contributed by atoms with Gasteiger partial charge in [-0.25, -0.2) is 4.79 Å². The van der Waals surface area contributed by atoms with Crippen LogP contribution in [0.4, 0.5) is 0 Å². The van der Waals surface area contributed by atoms with Gasteiger partial charge in [0.25, 0.3) is 0 Å². The van der Waals surface area contributed by atoms with E-state index in [9.17, 15) is 29.4 Å². The van der Waals surface area contributed by atoms with Crippen molar-refractivity contribution in [3.63, 3.8) is 0 Å². The molecule has 43 heavy (non-hydrogen) atoms. The van der Waals surface area contributed by atoms with Crippen LogP contribution in [0.5, 0.6) is 0 Å². The number of hydrogen-bond acceptors (Lipinski definition) is 6. The maximum absolute atomic E-state index is 13.6. The summed E-state index contributed by atoms with van der Waals surface area (Å²) in [5, 5.41) is 27.3. The number of nitrogens with zero attached hydrogens (tertiary/aromatic N) is 1. The van der Waals surface area contributed by atoms with Gasteiger partial charge in [0.05, 0.1) is 12.1 Å². The van der Waals surface area contributed by atoms with E-state index >= 15 is 0 Å². The molecule has 2 aromatic heterocycles. The third kappa shape index (κ3) is 6.40. The van der Waals surface area contributed by atoms with Crippen LogP contribution in [0, 0.1) is 0 Å². The SMILES string of the molecule is CC(O)C(NC(=O)C(N)Cc1c[nH]c2ccccc12)C(=O)N1CCCC1C(=O)NC(Cc1c[nH]c2ccccc12)C(=O)O. The zero-order valence-corrected chi connectivity index (χ0v) is 23.7. The van der Waals surface area contributed by atoms with Crippen LogP contribution in [0.2, 0.25) is 0 Å². The molecule has 5 rings (SSSR count). The van der Waals surface area contributed by atoms with Crippen molar-refractivity contribution in [1.82, 2.24) is 25.5 Å². The van der Waals surface area contributed by atoms with Crippen LogP contribution < -0.4 is 16.4 Å². The number of carbonyl (C=O) groups is 4. The van der Waals surface area contributed by atoms with Crippen molar-refractivity contribution in [3.05, 3.63) is 72.1 Å². The summed E-state index contributed by atoms with van der Waals surface area (Å²) in [4.78, 5) is 59.6. The van der Waals surface area contributed by atoms with Crippen LogP contribution >= 0.6 is 0 Å². The summed E-state index contributed by atoms with van der Waals surface area (Å²) in [6.45, 7) is 1.60. The number of aliphatic carboxylic acids is 1. The van der Waals surface area contributed by atoms with Crippen LogP contribution in [0.3, 0.4) is 0 Å². The average Bonchev–Trinajstić information content (AvgIpc) is 3.74. The van der Waals surface area contributed by atoms with Crippen molar-refractivity contribution in [2.45, 2.75) is 62.9 Å². The maximum atomic E-state index is 13.6. The molecule has 1 aliphatic heterocycles. The van der Waals surface area contributed by atoms with Crippen LogP contribution in [0.15, 0.2) is 60.9 Å². The number of likely N-dealkylation sites (tertiary alicyclic amines) is 1. The van der Waals surface area contributed by atoms with E-state index in [1.165, 1.54) is 11.8 Å². The molecule has 12 heteroatoms. The van der Waals surface area contributed by atoms with E-state index in [1.54, 1.807) is 12.4 Å². The molecular weight excluding hydrogens is 552 g/mol. The van der Waals surface area contributed by atoms with Crippen molar-refractivity contribution < 1.29 is 29.4 Å². The molecule has 226 valence electrons. The molecule has 0 saturated carbocycles. The third-order valence-corrected chi connectivity index (χ3v) is 8.05. The van der Waals surface area contributed by atoms with Gasteiger partial charge in [-0.3, -0.25) is 14.4 Å². The monoisotopic (exact) mass is 588 g/mol. The fourth-order valence-corrected chi connectivity index (χ4v) is 5.75. The molecule has 8 N–H and O–H groups in total. The van der Waals surface area contributed by atoms with Crippen molar-refractivity contribution in [1.29, 1.82) is 0 Å². The number of nitrogens with two attached hydrogens (primary N) is 1. The highest BCUT2D eigenvalue weighted by atomic mass is 16.4. The number of carbonyl (C=O) groups excluding carboxylic acids is 3. The van der Waals surface area contributed by atoms with Crippen LogP contribution in [-0.2, 0) is 32.0 Å². The van der Waals surface area contributed by atoms with Crippen LogP contribution in [0.1, 0.15) is 30.9 Å². The smallest absolute Gasteiger partial charge is 0.326 e. The number of carboxylic acids is 1. The second-order valence-corrected chi connectivity index (χ2v) is 11.0. The van der Waals surface area contributed by atoms with E-state index < -0.39 is 54.0 Å². The molecule has 1 fully saturated rings. The Morgan fingerprint density at radius 1 is 0.953 bits per heavy atom. The fourth-order valence-electron chi connectivity index (χ4n) is 5.75. The van der Waals surface area contributed by atoms with E-state index in [4.69, 9.17) is 5.73 Å². The Kier molecular flexibility index (Phi) is 8.78.